The van der Waals surface area contributed by atoms with Gasteiger partial charge in [-0.25, -0.2) is 0 Å². The third-order valence-electron chi connectivity index (χ3n) is 3.74. The fraction of sp³-hybridized carbons (Fsp3) is 0.176. The molecule has 128 valence electrons. The summed E-state index contributed by atoms with van der Waals surface area (Å²) in [6.07, 6.45) is 2.23. The van der Waals surface area contributed by atoms with E-state index in [1.54, 1.807) is 29.4 Å². The highest BCUT2D eigenvalue weighted by molar-refractivity contribution is 7.98. The zero-order chi connectivity index (χ0) is 18.0. The summed E-state index contributed by atoms with van der Waals surface area (Å²) in [6.45, 7) is 0. The molecule has 0 spiro atoms. The lowest BCUT2D eigenvalue weighted by Gasteiger charge is -1.99. The lowest BCUT2D eigenvalue weighted by molar-refractivity contribution is -0.384. The molecular weight excluding hydrogens is 358 g/mol. The number of thiazole rings is 1. The van der Waals surface area contributed by atoms with E-state index in [4.69, 9.17) is 0 Å². The quantitative estimate of drug-likeness (QED) is 0.398. The Morgan fingerprint density at radius 3 is 2.64 bits per heavy atom. The first-order valence-electron chi connectivity index (χ1n) is 7.42. The zero-order valence-corrected chi connectivity index (χ0v) is 15.3. The molecule has 0 atom stereocenters. The summed E-state index contributed by atoms with van der Waals surface area (Å²) in [5, 5.41) is 10.9. The molecule has 1 heterocycles. The zero-order valence-electron chi connectivity index (χ0n) is 13.6. The lowest BCUT2D eigenvalue weighted by Crippen LogP contribution is -2.14. The molecule has 2 aromatic carbocycles. The first-order chi connectivity index (χ1) is 12.0. The smallest absolute Gasteiger partial charge is 0.271 e. The van der Waals surface area contributed by atoms with Gasteiger partial charge in [0, 0.05) is 24.1 Å². The normalized spacial score (nSPS) is 11.8. The van der Waals surface area contributed by atoms with Crippen molar-refractivity contribution >= 4 is 44.9 Å². The number of aromatic nitrogens is 1. The van der Waals surface area contributed by atoms with Crippen LogP contribution in [0.1, 0.15) is 5.56 Å². The molecule has 0 bridgehead atoms. The van der Waals surface area contributed by atoms with Crippen molar-refractivity contribution in [2.24, 2.45) is 12.0 Å². The third kappa shape index (κ3) is 3.80. The van der Waals surface area contributed by atoms with Crippen LogP contribution in [-0.2, 0) is 18.3 Å². The van der Waals surface area contributed by atoms with Gasteiger partial charge in [-0.05, 0) is 30.0 Å². The number of carbonyl (C=O) groups excluding carboxylic acids is 1. The first-order valence-corrected chi connectivity index (χ1v) is 9.46. The molecule has 6 nitrogen and oxygen atoms in total. The number of benzene rings is 2. The van der Waals surface area contributed by atoms with Gasteiger partial charge in [0.1, 0.15) is 0 Å². The molecule has 0 aliphatic heterocycles. The molecule has 1 aromatic heterocycles. The standard InChI is InChI=1S/C17H15N3O3S2/c1-19-14-10-12(20(22)23)5-8-15(14)25-17(19)18-16(21)9-11-3-6-13(24-2)7-4-11/h3-8,10H,9H2,1-2H3. The second-order valence-corrected chi connectivity index (χ2v) is 7.27. The summed E-state index contributed by atoms with van der Waals surface area (Å²) >= 11 is 2.99. The number of nitrogens with zero attached hydrogens (tertiary/aromatic N) is 3. The minimum atomic E-state index is -0.433. The van der Waals surface area contributed by atoms with Crippen molar-refractivity contribution in [3.8, 4) is 0 Å². The van der Waals surface area contributed by atoms with Crippen molar-refractivity contribution in [2.75, 3.05) is 6.26 Å². The van der Waals surface area contributed by atoms with Gasteiger partial charge in [0.15, 0.2) is 4.80 Å². The van der Waals surface area contributed by atoms with Crippen LogP contribution in [0.25, 0.3) is 10.2 Å². The van der Waals surface area contributed by atoms with E-state index in [0.29, 0.717) is 10.3 Å². The van der Waals surface area contributed by atoms with Crippen LogP contribution in [0.15, 0.2) is 52.4 Å². The molecule has 3 aromatic rings. The fourth-order valence-corrected chi connectivity index (χ4v) is 3.82. The Hall–Kier alpha value is -2.45. The van der Waals surface area contributed by atoms with E-state index >= 15 is 0 Å². The van der Waals surface area contributed by atoms with E-state index in [1.807, 2.05) is 30.5 Å². The molecule has 8 heteroatoms. The first kappa shape index (κ1) is 17.4. The largest absolute Gasteiger partial charge is 0.319 e. The number of carbonyl (C=O) groups is 1. The predicted octanol–water partition coefficient (Wildman–Crippen LogP) is 3.54. The Bertz CT molecular complexity index is 1020. The summed E-state index contributed by atoms with van der Waals surface area (Å²) < 4.78 is 2.56. The molecule has 0 fully saturated rings. The highest BCUT2D eigenvalue weighted by atomic mass is 32.2. The minimum absolute atomic E-state index is 0.0210. The van der Waals surface area contributed by atoms with Gasteiger partial charge in [-0.15, -0.1) is 11.8 Å². The third-order valence-corrected chi connectivity index (χ3v) is 5.59. The lowest BCUT2D eigenvalue weighted by atomic mass is 10.1. The summed E-state index contributed by atoms with van der Waals surface area (Å²) in [4.78, 5) is 28.6. The summed E-state index contributed by atoms with van der Waals surface area (Å²) in [5.74, 6) is -0.242. The number of fused-ring (bicyclic) bond motifs is 1. The van der Waals surface area contributed by atoms with Crippen LogP contribution in [0.5, 0.6) is 0 Å². The molecule has 0 N–H and O–H groups in total. The van der Waals surface area contributed by atoms with Crippen LogP contribution < -0.4 is 4.80 Å². The topological polar surface area (TPSA) is 77.5 Å². The summed E-state index contributed by atoms with van der Waals surface area (Å²) in [7, 11) is 1.75. The van der Waals surface area contributed by atoms with Crippen molar-refractivity contribution in [1.29, 1.82) is 0 Å². The van der Waals surface area contributed by atoms with Gasteiger partial charge in [-0.1, -0.05) is 23.5 Å². The van der Waals surface area contributed by atoms with E-state index in [1.165, 1.54) is 23.5 Å². The number of non-ortho nitro benzene ring substituents is 1. The van der Waals surface area contributed by atoms with Crippen molar-refractivity contribution in [1.82, 2.24) is 4.57 Å². The number of nitro groups is 1. The number of aryl methyl sites for hydroxylation is 1. The number of hydrogen-bond acceptors (Lipinski definition) is 5. The Balaban J connectivity index is 1.90. The number of rotatable bonds is 4. The van der Waals surface area contributed by atoms with Gasteiger partial charge in [-0.2, -0.15) is 4.99 Å². The molecule has 0 saturated heterocycles. The number of amides is 1. The number of nitro benzene ring substituents is 1. The van der Waals surface area contributed by atoms with Crippen LogP contribution in [0, 0.1) is 10.1 Å². The van der Waals surface area contributed by atoms with Crippen molar-refractivity contribution in [3.63, 3.8) is 0 Å². The maximum Gasteiger partial charge on any atom is 0.271 e. The second kappa shape index (κ2) is 7.20. The number of hydrogen-bond donors (Lipinski definition) is 0. The molecule has 0 radical (unpaired) electrons. The maximum atomic E-state index is 12.3. The Morgan fingerprint density at radius 2 is 2.00 bits per heavy atom. The fourth-order valence-electron chi connectivity index (χ4n) is 2.40. The molecule has 0 aliphatic rings. The molecule has 3 rings (SSSR count). The molecular formula is C17H15N3O3S2. The van der Waals surface area contributed by atoms with Crippen LogP contribution >= 0.6 is 23.1 Å². The average molecular weight is 373 g/mol. The Labute approximate surface area is 152 Å². The minimum Gasteiger partial charge on any atom is -0.319 e. The summed E-state index contributed by atoms with van der Waals surface area (Å²) in [6, 6.07) is 12.4. The van der Waals surface area contributed by atoms with Crippen LogP contribution in [-0.4, -0.2) is 21.7 Å². The van der Waals surface area contributed by atoms with Crippen molar-refractivity contribution in [3.05, 3.63) is 62.9 Å². The van der Waals surface area contributed by atoms with Gasteiger partial charge in [0.05, 0.1) is 21.6 Å². The van der Waals surface area contributed by atoms with Crippen molar-refractivity contribution in [2.45, 2.75) is 11.3 Å². The van der Waals surface area contributed by atoms with E-state index in [0.717, 1.165) is 15.2 Å². The highest BCUT2D eigenvalue weighted by Crippen LogP contribution is 2.22. The molecule has 1 amide bonds. The molecule has 25 heavy (non-hydrogen) atoms. The molecule has 0 aliphatic carbocycles. The van der Waals surface area contributed by atoms with Gasteiger partial charge >= 0.3 is 0 Å². The van der Waals surface area contributed by atoms with Crippen LogP contribution in [0.4, 0.5) is 5.69 Å². The second-order valence-electron chi connectivity index (χ2n) is 5.38. The van der Waals surface area contributed by atoms with Gasteiger partial charge in [0.2, 0.25) is 0 Å². The van der Waals surface area contributed by atoms with Crippen LogP contribution in [0.3, 0.4) is 0 Å². The average Bonchev–Trinajstić information content (AvgIpc) is 2.91. The SMILES string of the molecule is CSc1ccc(CC(=O)N=c2sc3ccc([N+](=O)[O-])cc3n2C)cc1. The highest BCUT2D eigenvalue weighted by Gasteiger charge is 2.11. The van der Waals surface area contributed by atoms with E-state index in [9.17, 15) is 14.9 Å². The predicted molar refractivity (Wildman–Crippen MR) is 99.9 cm³/mol. The van der Waals surface area contributed by atoms with Gasteiger partial charge in [-0.3, -0.25) is 14.9 Å². The maximum absolute atomic E-state index is 12.3. The Kier molecular flexibility index (Phi) is 5.00. The monoisotopic (exact) mass is 373 g/mol. The number of thioether (sulfide) groups is 1. The van der Waals surface area contributed by atoms with Crippen LogP contribution in [0.2, 0.25) is 0 Å². The van der Waals surface area contributed by atoms with E-state index in [-0.39, 0.29) is 18.0 Å². The van der Waals surface area contributed by atoms with E-state index in [2.05, 4.69) is 4.99 Å². The summed E-state index contributed by atoms with van der Waals surface area (Å²) in [5.41, 5.74) is 1.62. The van der Waals surface area contributed by atoms with Gasteiger partial charge < -0.3 is 4.57 Å². The molecule has 0 saturated carbocycles. The van der Waals surface area contributed by atoms with E-state index < -0.39 is 4.92 Å². The Morgan fingerprint density at radius 1 is 1.28 bits per heavy atom. The van der Waals surface area contributed by atoms with Gasteiger partial charge in [0.25, 0.3) is 11.6 Å². The molecule has 0 unspecified atom stereocenters. The van der Waals surface area contributed by atoms with Crippen molar-refractivity contribution < 1.29 is 9.72 Å².